The van der Waals surface area contributed by atoms with E-state index in [2.05, 4.69) is 6.92 Å². The number of aryl methyl sites for hydroxylation is 1. The molecule has 1 aromatic rings. The Labute approximate surface area is 121 Å². The van der Waals surface area contributed by atoms with E-state index in [9.17, 15) is 10.1 Å². The molecule has 0 aliphatic rings. The number of unbranched alkanes of at least 4 members (excludes halogenated alkanes) is 7. The maximum atomic E-state index is 11.0. The lowest BCUT2D eigenvalue weighted by molar-refractivity contribution is -0.385. The highest BCUT2D eigenvalue weighted by atomic mass is 16.6. The van der Waals surface area contributed by atoms with Crippen molar-refractivity contribution < 1.29 is 4.92 Å². The van der Waals surface area contributed by atoms with Crippen LogP contribution in [0, 0.1) is 10.1 Å². The summed E-state index contributed by atoms with van der Waals surface area (Å²) in [6.07, 6.45) is 10.7. The minimum Gasteiger partial charge on any atom is -0.399 e. The van der Waals surface area contributed by atoms with Crippen LogP contribution in [0.25, 0.3) is 0 Å². The molecule has 0 unspecified atom stereocenters. The van der Waals surface area contributed by atoms with Gasteiger partial charge in [0.15, 0.2) is 0 Å². The van der Waals surface area contributed by atoms with Gasteiger partial charge in [-0.25, -0.2) is 0 Å². The zero-order valence-electron chi connectivity index (χ0n) is 12.4. The molecule has 0 aromatic heterocycles. The third kappa shape index (κ3) is 6.04. The Bertz CT molecular complexity index is 419. The summed E-state index contributed by atoms with van der Waals surface area (Å²) >= 11 is 0. The van der Waals surface area contributed by atoms with Crippen LogP contribution in [-0.2, 0) is 6.42 Å². The molecule has 2 N–H and O–H groups in total. The summed E-state index contributed by atoms with van der Waals surface area (Å²) in [5.41, 5.74) is 7.01. The Morgan fingerprint density at radius 1 is 1.05 bits per heavy atom. The van der Waals surface area contributed by atoms with Crippen molar-refractivity contribution in [2.75, 3.05) is 5.73 Å². The largest absolute Gasteiger partial charge is 0.399 e. The first-order valence-electron chi connectivity index (χ1n) is 7.68. The van der Waals surface area contributed by atoms with Crippen LogP contribution >= 0.6 is 0 Å². The smallest absolute Gasteiger partial charge is 0.274 e. The van der Waals surface area contributed by atoms with Crippen molar-refractivity contribution in [1.82, 2.24) is 0 Å². The molecular weight excluding hydrogens is 252 g/mol. The van der Waals surface area contributed by atoms with E-state index >= 15 is 0 Å². The fourth-order valence-corrected chi connectivity index (χ4v) is 2.41. The molecule has 0 fully saturated rings. The number of nitro groups is 1. The normalized spacial score (nSPS) is 10.7. The summed E-state index contributed by atoms with van der Waals surface area (Å²) in [4.78, 5) is 10.6. The number of nitrogens with two attached hydrogens (primary N) is 1. The average molecular weight is 278 g/mol. The van der Waals surface area contributed by atoms with Crippen molar-refractivity contribution in [2.45, 2.75) is 64.7 Å². The number of hydrogen-bond acceptors (Lipinski definition) is 3. The molecule has 0 saturated carbocycles. The molecule has 20 heavy (non-hydrogen) atoms. The number of nitro benzene ring substituents is 1. The molecule has 4 heteroatoms. The molecule has 1 rings (SSSR count). The molecule has 0 aliphatic carbocycles. The van der Waals surface area contributed by atoms with E-state index in [0.29, 0.717) is 5.69 Å². The SMILES string of the molecule is CCCCCCCCCCc1ccc(N)cc1[N+](=O)[O-]. The molecule has 0 atom stereocenters. The molecule has 112 valence electrons. The van der Waals surface area contributed by atoms with Gasteiger partial charge in [0.1, 0.15) is 0 Å². The molecule has 0 spiro atoms. The van der Waals surface area contributed by atoms with Crippen LogP contribution in [0.4, 0.5) is 11.4 Å². The molecule has 0 radical (unpaired) electrons. The third-order valence-corrected chi connectivity index (χ3v) is 3.61. The Morgan fingerprint density at radius 2 is 1.65 bits per heavy atom. The maximum absolute atomic E-state index is 11.0. The minimum absolute atomic E-state index is 0.160. The van der Waals surface area contributed by atoms with Gasteiger partial charge in [0, 0.05) is 17.3 Å². The lowest BCUT2D eigenvalue weighted by atomic mass is 10.0. The fourth-order valence-electron chi connectivity index (χ4n) is 2.41. The highest BCUT2D eigenvalue weighted by molar-refractivity contribution is 5.52. The molecule has 4 nitrogen and oxygen atoms in total. The van der Waals surface area contributed by atoms with E-state index in [1.807, 2.05) is 0 Å². The van der Waals surface area contributed by atoms with Crippen LogP contribution in [0.15, 0.2) is 18.2 Å². The average Bonchev–Trinajstić information content (AvgIpc) is 2.43. The van der Waals surface area contributed by atoms with Gasteiger partial charge < -0.3 is 5.73 Å². The molecule has 0 saturated heterocycles. The molecule has 1 aromatic carbocycles. The number of anilines is 1. The lowest BCUT2D eigenvalue weighted by Gasteiger charge is -2.04. The number of benzene rings is 1. The van der Waals surface area contributed by atoms with Crippen molar-refractivity contribution in [1.29, 1.82) is 0 Å². The van der Waals surface area contributed by atoms with Crippen LogP contribution in [-0.4, -0.2) is 4.92 Å². The van der Waals surface area contributed by atoms with Gasteiger partial charge in [0.2, 0.25) is 0 Å². The number of nitrogens with zero attached hydrogens (tertiary/aromatic N) is 1. The summed E-state index contributed by atoms with van der Waals surface area (Å²) < 4.78 is 0. The van der Waals surface area contributed by atoms with Crippen LogP contribution in [0.5, 0.6) is 0 Å². The van der Waals surface area contributed by atoms with Crippen LogP contribution < -0.4 is 5.73 Å². The van der Waals surface area contributed by atoms with Gasteiger partial charge in [0.25, 0.3) is 5.69 Å². The van der Waals surface area contributed by atoms with E-state index < -0.39 is 0 Å². The first-order chi connectivity index (χ1) is 9.65. The zero-order chi connectivity index (χ0) is 14.8. The van der Waals surface area contributed by atoms with Crippen molar-refractivity contribution >= 4 is 11.4 Å². The molecule has 0 aliphatic heterocycles. The lowest BCUT2D eigenvalue weighted by Crippen LogP contribution is -1.97. The second-order valence-electron chi connectivity index (χ2n) is 5.37. The summed E-state index contributed by atoms with van der Waals surface area (Å²) in [5, 5.41) is 11.0. The summed E-state index contributed by atoms with van der Waals surface area (Å²) in [6.45, 7) is 2.22. The second kappa shape index (κ2) is 9.34. The van der Waals surface area contributed by atoms with Gasteiger partial charge in [0.05, 0.1) is 4.92 Å². The summed E-state index contributed by atoms with van der Waals surface area (Å²) in [6, 6.07) is 4.99. The third-order valence-electron chi connectivity index (χ3n) is 3.61. The monoisotopic (exact) mass is 278 g/mol. The van der Waals surface area contributed by atoms with Gasteiger partial charge >= 0.3 is 0 Å². The van der Waals surface area contributed by atoms with Gasteiger partial charge in [-0.1, -0.05) is 57.9 Å². The highest BCUT2D eigenvalue weighted by Crippen LogP contribution is 2.23. The van der Waals surface area contributed by atoms with Gasteiger partial charge in [-0.05, 0) is 18.9 Å². The number of rotatable bonds is 10. The zero-order valence-corrected chi connectivity index (χ0v) is 12.4. The highest BCUT2D eigenvalue weighted by Gasteiger charge is 2.13. The van der Waals surface area contributed by atoms with Crippen LogP contribution in [0.1, 0.15) is 63.9 Å². The topological polar surface area (TPSA) is 69.2 Å². The van der Waals surface area contributed by atoms with Gasteiger partial charge in [-0.2, -0.15) is 0 Å². The Kier molecular flexibility index (Phi) is 7.70. The van der Waals surface area contributed by atoms with Crippen LogP contribution in [0.2, 0.25) is 0 Å². The Hall–Kier alpha value is -1.58. The van der Waals surface area contributed by atoms with Crippen molar-refractivity contribution in [3.05, 3.63) is 33.9 Å². The molecule has 0 amide bonds. The standard InChI is InChI=1S/C16H26N2O2/c1-2-3-4-5-6-7-8-9-10-14-11-12-15(17)13-16(14)18(19)20/h11-13H,2-10,17H2,1H3. The van der Waals surface area contributed by atoms with Gasteiger partial charge in [-0.15, -0.1) is 0 Å². The van der Waals surface area contributed by atoms with Crippen molar-refractivity contribution in [2.24, 2.45) is 0 Å². The predicted octanol–water partition coefficient (Wildman–Crippen LogP) is 4.86. The minimum atomic E-state index is -0.337. The van der Waals surface area contributed by atoms with E-state index in [0.717, 1.165) is 24.8 Å². The molecular formula is C16H26N2O2. The molecule has 0 heterocycles. The molecule has 0 bridgehead atoms. The van der Waals surface area contributed by atoms with E-state index in [4.69, 9.17) is 5.73 Å². The fraction of sp³-hybridized carbons (Fsp3) is 0.625. The van der Waals surface area contributed by atoms with Crippen molar-refractivity contribution in [3.63, 3.8) is 0 Å². The Morgan fingerprint density at radius 3 is 2.25 bits per heavy atom. The van der Waals surface area contributed by atoms with E-state index in [-0.39, 0.29) is 10.6 Å². The first kappa shape index (κ1) is 16.5. The predicted molar refractivity (Wildman–Crippen MR) is 83.8 cm³/mol. The van der Waals surface area contributed by atoms with Crippen molar-refractivity contribution in [3.8, 4) is 0 Å². The Balaban J connectivity index is 2.27. The van der Waals surface area contributed by atoms with Gasteiger partial charge in [-0.3, -0.25) is 10.1 Å². The maximum Gasteiger partial charge on any atom is 0.274 e. The summed E-state index contributed by atoms with van der Waals surface area (Å²) in [5.74, 6) is 0. The number of hydrogen-bond donors (Lipinski definition) is 1. The van der Waals surface area contributed by atoms with Crippen LogP contribution in [0.3, 0.4) is 0 Å². The summed E-state index contributed by atoms with van der Waals surface area (Å²) in [7, 11) is 0. The van der Waals surface area contributed by atoms with E-state index in [1.54, 1.807) is 12.1 Å². The first-order valence-corrected chi connectivity index (χ1v) is 7.68. The van der Waals surface area contributed by atoms with E-state index in [1.165, 1.54) is 44.6 Å². The second-order valence-corrected chi connectivity index (χ2v) is 5.37. The quantitative estimate of drug-likeness (QED) is 0.287. The number of nitrogen functional groups attached to an aromatic ring is 1.